The summed E-state index contributed by atoms with van der Waals surface area (Å²) in [4.78, 5) is 20.4. The number of thiazole rings is 1. The monoisotopic (exact) mass is 436 g/mol. The molecule has 7 heteroatoms. The fraction of sp³-hybridized carbons (Fsp3) is 0.333. The van der Waals surface area contributed by atoms with Crippen molar-refractivity contribution in [1.29, 1.82) is 0 Å². The summed E-state index contributed by atoms with van der Waals surface area (Å²) in [6.45, 7) is 8.95. The number of nitrogens with one attached hydrogen (secondary N) is 2. The van der Waals surface area contributed by atoms with Gasteiger partial charge in [-0.1, -0.05) is 42.0 Å². The molecule has 0 radical (unpaired) electrons. The second-order valence-corrected chi connectivity index (χ2v) is 8.89. The molecule has 2 N–H and O–H groups in total. The fourth-order valence-corrected chi connectivity index (χ4v) is 4.51. The third kappa shape index (κ3) is 5.70. The molecule has 3 aromatic rings. The lowest BCUT2D eigenvalue weighted by Gasteiger charge is -2.26. The lowest BCUT2D eigenvalue weighted by molar-refractivity contribution is 0.0388. The summed E-state index contributed by atoms with van der Waals surface area (Å²) in [5.74, 6) is 0. The van der Waals surface area contributed by atoms with Crippen molar-refractivity contribution in [3.05, 3.63) is 59.1 Å². The Morgan fingerprint density at radius 2 is 1.71 bits per heavy atom. The van der Waals surface area contributed by atoms with Gasteiger partial charge in [-0.25, -0.2) is 9.78 Å². The van der Waals surface area contributed by atoms with Crippen molar-refractivity contribution in [2.24, 2.45) is 0 Å². The van der Waals surface area contributed by atoms with E-state index in [0.717, 1.165) is 65.2 Å². The molecule has 0 saturated carbocycles. The van der Waals surface area contributed by atoms with E-state index in [1.165, 1.54) is 5.56 Å². The van der Waals surface area contributed by atoms with Crippen molar-refractivity contribution in [3.8, 4) is 21.7 Å². The second-order valence-electron chi connectivity index (χ2n) is 7.69. The Kier molecular flexibility index (Phi) is 6.96. The van der Waals surface area contributed by atoms with Crippen LogP contribution in [0.15, 0.2) is 48.5 Å². The third-order valence-electron chi connectivity index (χ3n) is 5.28. The summed E-state index contributed by atoms with van der Waals surface area (Å²) in [5, 5.41) is 6.87. The minimum Gasteiger partial charge on any atom is -0.379 e. The summed E-state index contributed by atoms with van der Waals surface area (Å²) in [6.07, 6.45) is 0. The fourth-order valence-electron chi connectivity index (χ4n) is 3.56. The zero-order valence-electron chi connectivity index (χ0n) is 18.0. The summed E-state index contributed by atoms with van der Waals surface area (Å²) in [7, 11) is 0. The lowest BCUT2D eigenvalue weighted by Crippen LogP contribution is -2.42. The number of amides is 2. The van der Waals surface area contributed by atoms with E-state index in [9.17, 15) is 4.79 Å². The van der Waals surface area contributed by atoms with Crippen molar-refractivity contribution in [2.45, 2.75) is 13.8 Å². The normalized spacial score (nSPS) is 14.4. The SMILES string of the molecule is Cc1ccc(-c2nc(C)sc2-c2ccc(NC(=O)NCCN3CCOCC3)cc2)cc1. The van der Waals surface area contributed by atoms with Crippen LogP contribution in [0.1, 0.15) is 10.6 Å². The van der Waals surface area contributed by atoms with E-state index < -0.39 is 0 Å². The van der Waals surface area contributed by atoms with Gasteiger partial charge in [-0.3, -0.25) is 4.90 Å². The zero-order valence-corrected chi connectivity index (χ0v) is 18.8. The number of urea groups is 1. The van der Waals surface area contributed by atoms with E-state index in [4.69, 9.17) is 9.72 Å². The quantitative estimate of drug-likeness (QED) is 0.595. The Labute approximate surface area is 187 Å². The highest BCUT2D eigenvalue weighted by atomic mass is 32.1. The van der Waals surface area contributed by atoms with Gasteiger partial charge in [-0.15, -0.1) is 11.3 Å². The van der Waals surface area contributed by atoms with Crippen molar-refractivity contribution >= 4 is 23.1 Å². The number of rotatable bonds is 6. The van der Waals surface area contributed by atoms with E-state index in [2.05, 4.69) is 46.7 Å². The molecule has 6 nitrogen and oxygen atoms in total. The molecule has 2 heterocycles. The number of ether oxygens (including phenoxy) is 1. The maximum Gasteiger partial charge on any atom is 0.319 e. The molecular weight excluding hydrogens is 408 g/mol. The molecule has 1 aromatic heterocycles. The predicted molar refractivity (Wildman–Crippen MR) is 127 cm³/mol. The number of anilines is 1. The van der Waals surface area contributed by atoms with Crippen LogP contribution in [-0.4, -0.2) is 55.3 Å². The van der Waals surface area contributed by atoms with Gasteiger partial charge in [0.2, 0.25) is 0 Å². The standard InChI is InChI=1S/C24H28N4O2S/c1-17-3-5-19(6-4-17)22-23(31-18(2)26-22)20-7-9-21(10-8-20)27-24(29)25-11-12-28-13-15-30-16-14-28/h3-10H,11-16H2,1-2H3,(H2,25,27,29). The molecule has 0 bridgehead atoms. The molecule has 4 rings (SSSR count). The first kappa shape index (κ1) is 21.5. The van der Waals surface area contributed by atoms with Crippen molar-refractivity contribution in [3.63, 3.8) is 0 Å². The molecule has 2 amide bonds. The molecule has 0 atom stereocenters. The number of carbonyl (C=O) groups excluding carboxylic acids is 1. The van der Waals surface area contributed by atoms with Gasteiger partial charge in [0.25, 0.3) is 0 Å². The van der Waals surface area contributed by atoms with Gasteiger partial charge in [0.05, 0.1) is 28.8 Å². The molecule has 2 aromatic carbocycles. The zero-order chi connectivity index (χ0) is 21.6. The predicted octanol–water partition coefficient (Wildman–Crippen LogP) is 4.55. The smallest absolute Gasteiger partial charge is 0.319 e. The number of hydrogen-bond donors (Lipinski definition) is 2. The molecule has 1 saturated heterocycles. The first-order chi connectivity index (χ1) is 15.1. The van der Waals surface area contributed by atoms with Crippen LogP contribution in [0.2, 0.25) is 0 Å². The highest BCUT2D eigenvalue weighted by Gasteiger charge is 2.14. The van der Waals surface area contributed by atoms with Crippen LogP contribution in [0.25, 0.3) is 21.7 Å². The Bertz CT molecular complexity index is 1010. The summed E-state index contributed by atoms with van der Waals surface area (Å²) < 4.78 is 5.34. The first-order valence-electron chi connectivity index (χ1n) is 10.6. The van der Waals surface area contributed by atoms with E-state index in [1.54, 1.807) is 11.3 Å². The molecule has 0 spiro atoms. The number of benzene rings is 2. The highest BCUT2D eigenvalue weighted by molar-refractivity contribution is 7.15. The first-order valence-corrected chi connectivity index (χ1v) is 11.4. The number of aromatic nitrogens is 1. The maximum absolute atomic E-state index is 12.2. The van der Waals surface area contributed by atoms with Gasteiger partial charge in [0, 0.05) is 37.4 Å². The molecule has 1 fully saturated rings. The van der Waals surface area contributed by atoms with Gasteiger partial charge < -0.3 is 15.4 Å². The number of aryl methyl sites for hydroxylation is 2. The highest BCUT2D eigenvalue weighted by Crippen LogP contribution is 2.37. The number of hydrogen-bond acceptors (Lipinski definition) is 5. The van der Waals surface area contributed by atoms with Crippen LogP contribution in [0.4, 0.5) is 10.5 Å². The van der Waals surface area contributed by atoms with Crippen LogP contribution in [0.3, 0.4) is 0 Å². The lowest BCUT2D eigenvalue weighted by atomic mass is 10.1. The van der Waals surface area contributed by atoms with Crippen LogP contribution < -0.4 is 10.6 Å². The number of morpholine rings is 1. The third-order valence-corrected chi connectivity index (χ3v) is 6.30. The number of carbonyl (C=O) groups is 1. The number of nitrogens with zero attached hydrogens (tertiary/aromatic N) is 2. The minimum absolute atomic E-state index is 0.185. The molecule has 162 valence electrons. The van der Waals surface area contributed by atoms with Crippen molar-refractivity contribution in [1.82, 2.24) is 15.2 Å². The minimum atomic E-state index is -0.185. The molecule has 0 aliphatic carbocycles. The molecule has 1 aliphatic heterocycles. The van der Waals surface area contributed by atoms with Gasteiger partial charge in [0.1, 0.15) is 0 Å². The largest absolute Gasteiger partial charge is 0.379 e. The average molecular weight is 437 g/mol. The van der Waals surface area contributed by atoms with Crippen LogP contribution in [0.5, 0.6) is 0 Å². The van der Waals surface area contributed by atoms with E-state index >= 15 is 0 Å². The van der Waals surface area contributed by atoms with E-state index in [-0.39, 0.29) is 6.03 Å². The van der Waals surface area contributed by atoms with Gasteiger partial charge in [-0.2, -0.15) is 0 Å². The van der Waals surface area contributed by atoms with Crippen molar-refractivity contribution in [2.75, 3.05) is 44.7 Å². The van der Waals surface area contributed by atoms with Gasteiger partial charge in [0.15, 0.2) is 0 Å². The Balaban J connectivity index is 1.37. The van der Waals surface area contributed by atoms with Crippen LogP contribution in [0, 0.1) is 13.8 Å². The molecule has 0 unspecified atom stereocenters. The van der Waals surface area contributed by atoms with Crippen LogP contribution in [-0.2, 0) is 4.74 Å². The Hall–Kier alpha value is -2.74. The summed E-state index contributed by atoms with van der Waals surface area (Å²) in [6, 6.07) is 16.2. The van der Waals surface area contributed by atoms with E-state index in [1.807, 2.05) is 31.2 Å². The van der Waals surface area contributed by atoms with Gasteiger partial charge in [-0.05, 0) is 31.5 Å². The Morgan fingerprint density at radius 3 is 2.42 bits per heavy atom. The van der Waals surface area contributed by atoms with Gasteiger partial charge >= 0.3 is 6.03 Å². The van der Waals surface area contributed by atoms with E-state index in [0.29, 0.717) is 6.54 Å². The Morgan fingerprint density at radius 1 is 1.03 bits per heavy atom. The summed E-state index contributed by atoms with van der Waals surface area (Å²) >= 11 is 1.69. The van der Waals surface area contributed by atoms with Crippen LogP contribution >= 0.6 is 11.3 Å². The topological polar surface area (TPSA) is 66.5 Å². The average Bonchev–Trinajstić information content (AvgIpc) is 3.17. The molecule has 31 heavy (non-hydrogen) atoms. The van der Waals surface area contributed by atoms with Crippen molar-refractivity contribution < 1.29 is 9.53 Å². The summed E-state index contributed by atoms with van der Waals surface area (Å²) in [5.41, 5.74) is 5.22. The molecule has 1 aliphatic rings. The molecular formula is C24H28N4O2S. The second kappa shape index (κ2) is 10.0. The maximum atomic E-state index is 12.2.